The summed E-state index contributed by atoms with van der Waals surface area (Å²) in [5.74, 6) is 1.63. The monoisotopic (exact) mass is 387 g/mol. The lowest BCUT2D eigenvalue weighted by atomic mass is 10.0. The lowest BCUT2D eigenvalue weighted by molar-refractivity contribution is -0.112. The lowest BCUT2D eigenvalue weighted by Crippen LogP contribution is -2.50. The Hall–Kier alpha value is -1.86. The number of anilines is 2. The summed E-state index contributed by atoms with van der Waals surface area (Å²) in [6.45, 7) is 8.03. The van der Waals surface area contributed by atoms with Gasteiger partial charge in [0.2, 0.25) is 0 Å². The number of rotatable bonds is 4. The van der Waals surface area contributed by atoms with Crippen molar-refractivity contribution >= 4 is 17.6 Å². The Morgan fingerprint density at radius 1 is 1.07 bits per heavy atom. The van der Waals surface area contributed by atoms with Gasteiger partial charge in [-0.15, -0.1) is 5.06 Å². The topological polar surface area (TPSA) is 60.9 Å². The van der Waals surface area contributed by atoms with Crippen molar-refractivity contribution in [3.63, 3.8) is 0 Å². The van der Waals surface area contributed by atoms with Gasteiger partial charge < -0.3 is 9.74 Å². The first kappa shape index (κ1) is 19.5. The maximum Gasteiger partial charge on any atom is 0.430 e. The van der Waals surface area contributed by atoms with Gasteiger partial charge in [0.05, 0.1) is 0 Å². The third kappa shape index (κ3) is 4.94. The number of nitrogens with one attached hydrogen (secondary N) is 1. The molecule has 28 heavy (non-hydrogen) atoms. The molecule has 7 heteroatoms. The SMILES string of the molecule is CC1CCN(OC(=O)Nc2ccnc(N3CCN(C4CCCC4)CC3)c2)CC1. The van der Waals surface area contributed by atoms with E-state index >= 15 is 0 Å². The molecule has 1 amide bonds. The minimum absolute atomic E-state index is 0.419. The van der Waals surface area contributed by atoms with Gasteiger partial charge in [-0.25, -0.2) is 9.78 Å². The number of amides is 1. The Kier molecular flexibility index (Phi) is 6.32. The minimum atomic E-state index is -0.419. The number of hydrogen-bond donors (Lipinski definition) is 1. The number of hydrogen-bond acceptors (Lipinski definition) is 6. The molecule has 0 aromatic carbocycles. The van der Waals surface area contributed by atoms with E-state index in [1.165, 1.54) is 25.7 Å². The second kappa shape index (κ2) is 9.09. The van der Waals surface area contributed by atoms with Crippen LogP contribution in [0.4, 0.5) is 16.3 Å². The second-order valence-electron chi connectivity index (χ2n) is 8.48. The molecule has 7 nitrogen and oxygen atoms in total. The number of carbonyl (C=O) groups excluding carboxylic acids is 1. The molecule has 1 saturated carbocycles. The predicted octanol–water partition coefficient (Wildman–Crippen LogP) is 3.34. The van der Waals surface area contributed by atoms with Crippen molar-refractivity contribution in [1.29, 1.82) is 0 Å². The van der Waals surface area contributed by atoms with E-state index in [2.05, 4.69) is 27.0 Å². The van der Waals surface area contributed by atoms with E-state index in [9.17, 15) is 4.79 Å². The summed E-state index contributed by atoms with van der Waals surface area (Å²) in [5, 5.41) is 4.62. The highest BCUT2D eigenvalue weighted by atomic mass is 16.7. The number of nitrogens with zero attached hydrogens (tertiary/aromatic N) is 4. The first-order valence-electron chi connectivity index (χ1n) is 10.9. The van der Waals surface area contributed by atoms with Crippen molar-refractivity contribution in [1.82, 2.24) is 14.9 Å². The summed E-state index contributed by atoms with van der Waals surface area (Å²) in [4.78, 5) is 27.1. The highest BCUT2D eigenvalue weighted by Crippen LogP contribution is 2.26. The van der Waals surface area contributed by atoms with Crippen LogP contribution in [0, 0.1) is 5.92 Å². The van der Waals surface area contributed by atoms with Crippen LogP contribution >= 0.6 is 0 Å². The molecule has 0 radical (unpaired) electrons. The molecule has 3 aliphatic rings. The van der Waals surface area contributed by atoms with Gasteiger partial charge in [0.15, 0.2) is 0 Å². The minimum Gasteiger partial charge on any atom is -0.354 e. The molecule has 0 atom stereocenters. The van der Waals surface area contributed by atoms with Crippen molar-refractivity contribution in [3.05, 3.63) is 18.3 Å². The summed E-state index contributed by atoms with van der Waals surface area (Å²) in [6, 6.07) is 4.55. The number of carbonyl (C=O) groups is 1. The molecule has 2 saturated heterocycles. The van der Waals surface area contributed by atoms with Crippen LogP contribution < -0.4 is 10.2 Å². The van der Waals surface area contributed by atoms with Gasteiger partial charge in [-0.2, -0.15) is 0 Å². The van der Waals surface area contributed by atoms with Crippen LogP contribution in [-0.2, 0) is 4.84 Å². The average Bonchev–Trinajstić information content (AvgIpc) is 3.25. The molecule has 3 heterocycles. The first-order chi connectivity index (χ1) is 13.7. The Bertz CT molecular complexity index is 648. The third-order valence-electron chi connectivity index (χ3n) is 6.43. The zero-order valence-corrected chi connectivity index (χ0v) is 17.0. The largest absolute Gasteiger partial charge is 0.430 e. The van der Waals surface area contributed by atoms with E-state index in [1.807, 2.05) is 12.1 Å². The molecule has 3 fully saturated rings. The Balaban J connectivity index is 1.27. The summed E-state index contributed by atoms with van der Waals surface area (Å²) in [6.07, 6.45) is 8.96. The molecular weight excluding hydrogens is 354 g/mol. The van der Waals surface area contributed by atoms with Gasteiger partial charge in [0.25, 0.3) is 0 Å². The van der Waals surface area contributed by atoms with Crippen LogP contribution in [0.25, 0.3) is 0 Å². The number of piperazine rings is 1. The first-order valence-corrected chi connectivity index (χ1v) is 10.9. The number of hydroxylamine groups is 2. The maximum absolute atomic E-state index is 12.2. The fraction of sp³-hybridized carbons (Fsp3) is 0.714. The quantitative estimate of drug-likeness (QED) is 0.855. The van der Waals surface area contributed by atoms with Crippen molar-refractivity contribution in [2.45, 2.75) is 51.5 Å². The molecule has 4 rings (SSSR count). The summed E-state index contributed by atoms with van der Waals surface area (Å²) in [5.41, 5.74) is 0.735. The van der Waals surface area contributed by atoms with Crippen LogP contribution in [0.1, 0.15) is 45.4 Å². The molecule has 0 spiro atoms. The highest BCUT2D eigenvalue weighted by Gasteiger charge is 2.26. The normalized spacial score (nSPS) is 23.1. The van der Waals surface area contributed by atoms with E-state index < -0.39 is 6.09 Å². The van der Waals surface area contributed by atoms with E-state index in [0.29, 0.717) is 5.92 Å². The van der Waals surface area contributed by atoms with Crippen LogP contribution in [0.15, 0.2) is 18.3 Å². The van der Waals surface area contributed by atoms with Crippen molar-refractivity contribution in [2.24, 2.45) is 5.92 Å². The van der Waals surface area contributed by atoms with Crippen LogP contribution in [-0.4, -0.2) is 66.4 Å². The highest BCUT2D eigenvalue weighted by molar-refractivity contribution is 5.84. The van der Waals surface area contributed by atoms with Gasteiger partial charge in [-0.1, -0.05) is 19.8 Å². The summed E-state index contributed by atoms with van der Waals surface area (Å²) >= 11 is 0. The second-order valence-corrected chi connectivity index (χ2v) is 8.48. The molecule has 0 unspecified atom stereocenters. The third-order valence-corrected chi connectivity index (χ3v) is 6.43. The molecule has 1 aliphatic carbocycles. The molecule has 1 aromatic rings. The average molecular weight is 388 g/mol. The molecule has 0 bridgehead atoms. The zero-order valence-electron chi connectivity index (χ0n) is 17.0. The molecule has 2 aliphatic heterocycles. The zero-order chi connectivity index (χ0) is 19.3. The van der Waals surface area contributed by atoms with E-state index in [4.69, 9.17) is 4.84 Å². The van der Waals surface area contributed by atoms with E-state index in [0.717, 1.165) is 69.7 Å². The number of aromatic nitrogens is 1. The van der Waals surface area contributed by atoms with Gasteiger partial charge in [-0.05, 0) is 37.7 Å². The Morgan fingerprint density at radius 3 is 2.50 bits per heavy atom. The van der Waals surface area contributed by atoms with Crippen molar-refractivity contribution < 1.29 is 9.63 Å². The Morgan fingerprint density at radius 2 is 1.79 bits per heavy atom. The fourth-order valence-electron chi connectivity index (χ4n) is 4.59. The number of piperidine rings is 1. The fourth-order valence-corrected chi connectivity index (χ4v) is 4.59. The van der Waals surface area contributed by atoms with Crippen LogP contribution in [0.3, 0.4) is 0 Å². The predicted molar refractivity (Wildman–Crippen MR) is 110 cm³/mol. The van der Waals surface area contributed by atoms with Gasteiger partial charge >= 0.3 is 6.09 Å². The molecule has 1 N–H and O–H groups in total. The van der Waals surface area contributed by atoms with E-state index in [-0.39, 0.29) is 0 Å². The lowest BCUT2D eigenvalue weighted by Gasteiger charge is -2.38. The molecular formula is C21H33N5O2. The van der Waals surface area contributed by atoms with E-state index in [1.54, 1.807) is 11.3 Å². The molecule has 1 aromatic heterocycles. The van der Waals surface area contributed by atoms with Crippen LogP contribution in [0.5, 0.6) is 0 Å². The summed E-state index contributed by atoms with van der Waals surface area (Å²) in [7, 11) is 0. The molecule has 154 valence electrons. The Labute approximate surface area is 168 Å². The van der Waals surface area contributed by atoms with Gasteiger partial charge in [0.1, 0.15) is 5.82 Å². The van der Waals surface area contributed by atoms with Gasteiger partial charge in [0, 0.05) is 63.3 Å². The van der Waals surface area contributed by atoms with Crippen LogP contribution in [0.2, 0.25) is 0 Å². The standard InChI is InChI=1S/C21H33N5O2/c1-17-7-10-26(11-8-17)28-21(27)23-18-6-9-22-20(16-18)25-14-12-24(13-15-25)19-4-2-3-5-19/h6,9,16-17,19H,2-5,7-8,10-15H2,1H3,(H,22,23,27). The van der Waals surface area contributed by atoms with Crippen molar-refractivity contribution in [2.75, 3.05) is 49.5 Å². The number of pyridine rings is 1. The maximum atomic E-state index is 12.2. The summed E-state index contributed by atoms with van der Waals surface area (Å²) < 4.78 is 0. The van der Waals surface area contributed by atoms with Crippen molar-refractivity contribution in [3.8, 4) is 0 Å². The smallest absolute Gasteiger partial charge is 0.354 e. The van der Waals surface area contributed by atoms with Gasteiger partial charge in [-0.3, -0.25) is 10.2 Å².